The molecule has 9 heteroatoms. The molecular weight excluding hydrogens is 431 g/mol. The van der Waals surface area contributed by atoms with Crippen LogP contribution < -0.4 is 5.32 Å². The Morgan fingerprint density at radius 1 is 1.31 bits per heavy atom. The molecule has 3 aliphatic heterocycles. The third-order valence-electron chi connectivity index (χ3n) is 6.21. The minimum atomic E-state index is -0.166. The molecule has 160 valence electrons. The average Bonchev–Trinajstić information content (AvgIpc) is 3.39. The van der Waals surface area contributed by atoms with Gasteiger partial charge in [-0.1, -0.05) is 0 Å². The third kappa shape index (κ3) is 4.21. The first kappa shape index (κ1) is 22.6. The van der Waals surface area contributed by atoms with Crippen LogP contribution in [-0.2, 0) is 16.8 Å². The molecule has 1 spiro atoms. The van der Waals surface area contributed by atoms with Gasteiger partial charge in [-0.05, 0) is 56.8 Å². The van der Waals surface area contributed by atoms with E-state index in [0.717, 1.165) is 75.6 Å². The van der Waals surface area contributed by atoms with Gasteiger partial charge in [-0.15, -0.1) is 36.2 Å². The number of piperidine rings is 2. The monoisotopic (exact) mass is 458 g/mol. The highest BCUT2D eigenvalue weighted by Crippen LogP contribution is 2.44. The van der Waals surface area contributed by atoms with E-state index in [2.05, 4.69) is 21.4 Å². The number of aromatic amines is 1. The summed E-state index contributed by atoms with van der Waals surface area (Å²) >= 11 is 1.67. The number of rotatable bonds is 2. The average molecular weight is 459 g/mol. The van der Waals surface area contributed by atoms with Gasteiger partial charge in [0.25, 0.3) is 5.91 Å². The fourth-order valence-corrected chi connectivity index (χ4v) is 6.15. The van der Waals surface area contributed by atoms with Gasteiger partial charge in [0, 0.05) is 36.3 Å². The van der Waals surface area contributed by atoms with Crippen LogP contribution in [0.5, 0.6) is 0 Å². The number of likely N-dealkylation sites (tertiary alicyclic amines) is 1. The minimum Gasteiger partial charge on any atom is -0.369 e. The van der Waals surface area contributed by atoms with Gasteiger partial charge < -0.3 is 19.9 Å². The van der Waals surface area contributed by atoms with Crippen molar-refractivity contribution in [3.63, 3.8) is 0 Å². The predicted molar refractivity (Wildman–Crippen MR) is 119 cm³/mol. The summed E-state index contributed by atoms with van der Waals surface area (Å²) in [5, 5.41) is 3.43. The lowest BCUT2D eigenvalue weighted by Gasteiger charge is -2.40. The van der Waals surface area contributed by atoms with Crippen molar-refractivity contribution >= 4 is 42.1 Å². The lowest BCUT2D eigenvalue weighted by molar-refractivity contribution is -0.0771. The van der Waals surface area contributed by atoms with E-state index in [1.54, 1.807) is 17.5 Å². The van der Waals surface area contributed by atoms with E-state index in [9.17, 15) is 4.79 Å². The normalized spacial score (nSPS) is 23.0. The van der Waals surface area contributed by atoms with Crippen LogP contribution in [0.15, 0.2) is 18.5 Å². The molecule has 2 fully saturated rings. The SMILES string of the molecule is Cl.Cl.O=C(c1cc2c(s1)C1(CCNCC1)OCC2)N1CCCC(c2ncc[nH]2)C1. The van der Waals surface area contributed by atoms with Gasteiger partial charge in [0.15, 0.2) is 0 Å². The first-order chi connectivity index (χ1) is 13.3. The lowest BCUT2D eigenvalue weighted by Crippen LogP contribution is -2.44. The van der Waals surface area contributed by atoms with Crippen molar-refractivity contribution in [1.29, 1.82) is 0 Å². The van der Waals surface area contributed by atoms with Crippen LogP contribution in [0.2, 0.25) is 0 Å². The Kier molecular flexibility index (Phi) is 7.27. The molecule has 2 saturated heterocycles. The maximum atomic E-state index is 13.3. The molecular formula is C20H28Cl2N4O2S. The number of ether oxygens (including phenoxy) is 1. The second-order valence-corrected chi connectivity index (χ2v) is 8.92. The molecule has 0 aromatic carbocycles. The predicted octanol–water partition coefficient (Wildman–Crippen LogP) is 3.49. The van der Waals surface area contributed by atoms with Crippen LogP contribution in [0.3, 0.4) is 0 Å². The number of amides is 1. The molecule has 1 amide bonds. The topological polar surface area (TPSA) is 70.2 Å². The van der Waals surface area contributed by atoms with E-state index in [1.165, 1.54) is 10.4 Å². The van der Waals surface area contributed by atoms with Crippen molar-refractivity contribution in [3.8, 4) is 0 Å². The highest BCUT2D eigenvalue weighted by atomic mass is 35.5. The standard InChI is InChI=1S/C20H26N4O2S.2ClH/c25-19(24-10-1-2-15(13-24)18-22-8-9-23-18)16-12-14-3-11-26-20(17(14)27-16)4-6-21-7-5-20;;/h8-9,12,15,21H,1-7,10-11,13H2,(H,22,23);2*1H. The summed E-state index contributed by atoms with van der Waals surface area (Å²) in [4.78, 5) is 25.1. The number of nitrogens with one attached hydrogen (secondary N) is 2. The Hall–Kier alpha value is -1.12. The number of aromatic nitrogens is 2. The summed E-state index contributed by atoms with van der Waals surface area (Å²) < 4.78 is 6.27. The summed E-state index contributed by atoms with van der Waals surface area (Å²) in [7, 11) is 0. The van der Waals surface area contributed by atoms with Crippen molar-refractivity contribution < 1.29 is 9.53 Å². The number of carbonyl (C=O) groups is 1. The Bertz CT molecular complexity index is 821. The quantitative estimate of drug-likeness (QED) is 0.722. The largest absolute Gasteiger partial charge is 0.369 e. The van der Waals surface area contributed by atoms with Crippen LogP contribution in [0.4, 0.5) is 0 Å². The van der Waals surface area contributed by atoms with Gasteiger partial charge in [-0.2, -0.15) is 0 Å². The number of carbonyl (C=O) groups excluding carboxylic acids is 1. The molecule has 5 rings (SSSR count). The molecule has 0 saturated carbocycles. The van der Waals surface area contributed by atoms with E-state index < -0.39 is 0 Å². The molecule has 3 aliphatic rings. The van der Waals surface area contributed by atoms with E-state index in [4.69, 9.17) is 4.74 Å². The molecule has 2 N–H and O–H groups in total. The van der Waals surface area contributed by atoms with Crippen LogP contribution in [0.25, 0.3) is 0 Å². The molecule has 2 aromatic rings. The molecule has 0 bridgehead atoms. The maximum absolute atomic E-state index is 13.3. The first-order valence-electron chi connectivity index (χ1n) is 10.0. The molecule has 0 aliphatic carbocycles. The number of hydrogen-bond acceptors (Lipinski definition) is 5. The zero-order chi connectivity index (χ0) is 18.3. The highest BCUT2D eigenvalue weighted by Gasteiger charge is 2.41. The Labute approximate surface area is 187 Å². The van der Waals surface area contributed by atoms with Gasteiger partial charge >= 0.3 is 0 Å². The van der Waals surface area contributed by atoms with Crippen molar-refractivity contribution in [2.75, 3.05) is 32.8 Å². The minimum absolute atomic E-state index is 0. The number of hydrogen-bond donors (Lipinski definition) is 2. The van der Waals surface area contributed by atoms with Gasteiger partial charge in [0.1, 0.15) is 11.4 Å². The van der Waals surface area contributed by atoms with Crippen molar-refractivity contribution in [2.45, 2.75) is 43.6 Å². The van der Waals surface area contributed by atoms with Crippen LogP contribution >= 0.6 is 36.2 Å². The summed E-state index contributed by atoms with van der Waals surface area (Å²) in [5.41, 5.74) is 1.16. The second-order valence-electron chi connectivity index (χ2n) is 7.87. The van der Waals surface area contributed by atoms with Crippen LogP contribution in [-0.4, -0.2) is 53.6 Å². The number of halogens is 2. The Balaban J connectivity index is 0.00000120. The molecule has 1 unspecified atom stereocenters. The summed E-state index contributed by atoms with van der Waals surface area (Å²) in [6.45, 7) is 4.32. The number of imidazole rings is 1. The zero-order valence-corrected chi connectivity index (χ0v) is 18.8. The first-order valence-corrected chi connectivity index (χ1v) is 10.8. The lowest BCUT2D eigenvalue weighted by atomic mass is 9.86. The number of fused-ring (bicyclic) bond motifs is 2. The second kappa shape index (κ2) is 9.35. The smallest absolute Gasteiger partial charge is 0.263 e. The molecule has 1 atom stereocenters. The number of nitrogens with zero attached hydrogens (tertiary/aromatic N) is 2. The molecule has 5 heterocycles. The van der Waals surface area contributed by atoms with Crippen LogP contribution in [0.1, 0.15) is 57.5 Å². The van der Waals surface area contributed by atoms with Gasteiger partial charge in [-0.3, -0.25) is 4.79 Å². The van der Waals surface area contributed by atoms with E-state index in [-0.39, 0.29) is 36.3 Å². The maximum Gasteiger partial charge on any atom is 0.263 e. The summed E-state index contributed by atoms with van der Waals surface area (Å²) in [6, 6.07) is 2.14. The van der Waals surface area contributed by atoms with E-state index in [1.807, 2.05) is 11.1 Å². The van der Waals surface area contributed by atoms with E-state index in [0.29, 0.717) is 5.92 Å². The van der Waals surface area contributed by atoms with Crippen molar-refractivity contribution in [2.24, 2.45) is 0 Å². The summed E-state index contributed by atoms with van der Waals surface area (Å²) in [5.74, 6) is 1.49. The highest BCUT2D eigenvalue weighted by molar-refractivity contribution is 7.14. The molecule has 6 nitrogen and oxygen atoms in total. The molecule has 29 heavy (non-hydrogen) atoms. The third-order valence-corrected chi connectivity index (χ3v) is 7.56. The van der Waals surface area contributed by atoms with Gasteiger partial charge in [-0.25, -0.2) is 4.98 Å². The van der Waals surface area contributed by atoms with Crippen LogP contribution in [0, 0.1) is 0 Å². The fraction of sp³-hybridized carbons (Fsp3) is 0.600. The van der Waals surface area contributed by atoms with Gasteiger partial charge in [0.2, 0.25) is 0 Å². The van der Waals surface area contributed by atoms with Gasteiger partial charge in [0.05, 0.1) is 11.5 Å². The van der Waals surface area contributed by atoms with E-state index >= 15 is 0 Å². The van der Waals surface area contributed by atoms with Crippen molar-refractivity contribution in [3.05, 3.63) is 39.6 Å². The Morgan fingerprint density at radius 3 is 2.90 bits per heavy atom. The zero-order valence-electron chi connectivity index (χ0n) is 16.3. The number of thiophene rings is 1. The molecule has 0 radical (unpaired) electrons. The fourth-order valence-electron chi connectivity index (χ4n) is 4.77. The van der Waals surface area contributed by atoms with Crippen molar-refractivity contribution in [1.82, 2.24) is 20.2 Å². The summed E-state index contributed by atoms with van der Waals surface area (Å²) in [6.07, 6.45) is 8.69. The Morgan fingerprint density at radius 2 is 2.14 bits per heavy atom. The number of H-pyrrole nitrogens is 1. The molecule has 2 aromatic heterocycles.